The van der Waals surface area contributed by atoms with Crippen LogP contribution in [0.25, 0.3) is 16.9 Å². The third kappa shape index (κ3) is 4.16. The van der Waals surface area contributed by atoms with E-state index >= 15 is 0 Å². The number of hydrogen-bond acceptors (Lipinski definition) is 5. The van der Waals surface area contributed by atoms with Crippen LogP contribution in [0.15, 0.2) is 60.4 Å². The molecule has 1 N–H and O–H groups in total. The van der Waals surface area contributed by atoms with Crippen LogP contribution in [0.1, 0.15) is 46.4 Å². The predicted octanol–water partition coefficient (Wildman–Crippen LogP) is 4.75. The van der Waals surface area contributed by atoms with Crippen LogP contribution in [0.3, 0.4) is 0 Å². The molecule has 152 valence electrons. The van der Waals surface area contributed by atoms with Crippen molar-refractivity contribution in [2.45, 2.75) is 33.2 Å². The molecule has 0 aliphatic rings. The van der Waals surface area contributed by atoms with E-state index in [-0.39, 0.29) is 11.8 Å². The van der Waals surface area contributed by atoms with Gasteiger partial charge in [-0.15, -0.1) is 11.3 Å². The number of nitrogens with zero attached hydrogens (tertiary/aromatic N) is 4. The fraction of sp³-hybridized carbons (Fsp3) is 0.217. The maximum Gasteiger partial charge on any atom is 0.255 e. The summed E-state index contributed by atoms with van der Waals surface area (Å²) >= 11 is 1.53. The molecule has 0 fully saturated rings. The summed E-state index contributed by atoms with van der Waals surface area (Å²) in [6, 6.07) is 12.0. The van der Waals surface area contributed by atoms with E-state index in [1.54, 1.807) is 18.6 Å². The van der Waals surface area contributed by atoms with Crippen LogP contribution in [0, 0.1) is 6.92 Å². The summed E-state index contributed by atoms with van der Waals surface area (Å²) in [5, 5.41) is 10.3. The van der Waals surface area contributed by atoms with E-state index in [0.29, 0.717) is 12.1 Å². The molecule has 6 nitrogen and oxygen atoms in total. The van der Waals surface area contributed by atoms with Gasteiger partial charge < -0.3 is 5.32 Å². The van der Waals surface area contributed by atoms with Crippen LogP contribution < -0.4 is 5.32 Å². The predicted molar refractivity (Wildman–Crippen MR) is 119 cm³/mol. The van der Waals surface area contributed by atoms with Crippen molar-refractivity contribution >= 4 is 17.2 Å². The van der Waals surface area contributed by atoms with Crippen LogP contribution in [0.4, 0.5) is 0 Å². The normalized spacial score (nSPS) is 11.1. The fourth-order valence-corrected chi connectivity index (χ4v) is 4.02. The van der Waals surface area contributed by atoms with Gasteiger partial charge in [0.15, 0.2) is 0 Å². The van der Waals surface area contributed by atoms with E-state index in [9.17, 15) is 4.79 Å². The van der Waals surface area contributed by atoms with Crippen LogP contribution in [0.2, 0.25) is 0 Å². The van der Waals surface area contributed by atoms with Gasteiger partial charge in [-0.05, 0) is 37.1 Å². The van der Waals surface area contributed by atoms with Crippen molar-refractivity contribution in [3.05, 3.63) is 82.2 Å². The minimum absolute atomic E-state index is 0.141. The molecule has 0 unspecified atom stereocenters. The Morgan fingerprint density at radius 2 is 1.87 bits per heavy atom. The first-order valence-electron chi connectivity index (χ1n) is 9.81. The number of carbonyl (C=O) groups is 1. The lowest BCUT2D eigenvalue weighted by molar-refractivity contribution is 0.0949. The van der Waals surface area contributed by atoms with Gasteiger partial charge >= 0.3 is 0 Å². The zero-order valence-corrected chi connectivity index (χ0v) is 18.0. The molecule has 0 atom stereocenters. The van der Waals surface area contributed by atoms with Crippen LogP contribution in [0.5, 0.6) is 0 Å². The molecule has 4 aromatic rings. The highest BCUT2D eigenvalue weighted by molar-refractivity contribution is 7.09. The molecule has 0 aliphatic carbocycles. The number of thiazole rings is 1. The summed E-state index contributed by atoms with van der Waals surface area (Å²) in [6.07, 6.45) is 5.14. The average molecular weight is 418 g/mol. The van der Waals surface area contributed by atoms with Gasteiger partial charge in [0, 0.05) is 23.3 Å². The Bertz CT molecular complexity index is 1150. The topological polar surface area (TPSA) is 72.7 Å². The van der Waals surface area contributed by atoms with Gasteiger partial charge in [0.1, 0.15) is 5.01 Å². The average Bonchev–Trinajstić information content (AvgIpc) is 3.41. The standard InChI is InChI=1S/C23H23N5OS/c1-15(2)22-19(12-26-28(22)18-6-4-16(3)5-7-18)23(29)25-13-21-27-20(14-30-21)17-8-10-24-11-9-17/h4-12,14-15H,13H2,1-3H3,(H,25,29). The quantitative estimate of drug-likeness (QED) is 0.491. The van der Waals surface area contributed by atoms with Gasteiger partial charge in [-0.1, -0.05) is 31.5 Å². The second-order valence-corrected chi connectivity index (χ2v) is 8.33. The molecule has 1 aromatic carbocycles. The first-order valence-corrected chi connectivity index (χ1v) is 10.7. The minimum Gasteiger partial charge on any atom is -0.345 e. The first-order chi connectivity index (χ1) is 14.5. The van der Waals surface area contributed by atoms with Crippen molar-refractivity contribution in [1.82, 2.24) is 25.1 Å². The molecule has 0 bridgehead atoms. The lowest BCUT2D eigenvalue weighted by Crippen LogP contribution is -2.24. The maximum atomic E-state index is 12.9. The Hall–Kier alpha value is -3.32. The number of carbonyl (C=O) groups excluding carboxylic acids is 1. The Morgan fingerprint density at radius 3 is 2.57 bits per heavy atom. The highest BCUT2D eigenvalue weighted by Gasteiger charge is 2.21. The number of nitrogens with one attached hydrogen (secondary N) is 1. The highest BCUT2D eigenvalue weighted by atomic mass is 32.1. The summed E-state index contributed by atoms with van der Waals surface area (Å²) in [5.41, 5.74) is 5.53. The van der Waals surface area contributed by atoms with Crippen molar-refractivity contribution < 1.29 is 4.79 Å². The molecule has 4 rings (SSSR count). The van der Waals surface area contributed by atoms with Gasteiger partial charge in [0.05, 0.1) is 35.4 Å². The summed E-state index contributed by atoms with van der Waals surface area (Å²) in [6.45, 7) is 6.57. The van der Waals surface area contributed by atoms with Gasteiger partial charge in [0.2, 0.25) is 0 Å². The van der Waals surface area contributed by atoms with Crippen molar-refractivity contribution in [2.24, 2.45) is 0 Å². The monoisotopic (exact) mass is 417 g/mol. The largest absolute Gasteiger partial charge is 0.345 e. The number of amides is 1. The molecule has 0 aliphatic heterocycles. The molecule has 0 saturated heterocycles. The van der Waals surface area contributed by atoms with E-state index in [4.69, 9.17) is 0 Å². The highest BCUT2D eigenvalue weighted by Crippen LogP contribution is 2.24. The number of hydrogen-bond donors (Lipinski definition) is 1. The summed E-state index contributed by atoms with van der Waals surface area (Å²) < 4.78 is 1.85. The fourth-order valence-electron chi connectivity index (χ4n) is 3.28. The Balaban J connectivity index is 1.51. The number of rotatable bonds is 6. The lowest BCUT2D eigenvalue weighted by atomic mass is 10.0. The number of benzene rings is 1. The van der Waals surface area contributed by atoms with Crippen molar-refractivity contribution in [3.63, 3.8) is 0 Å². The number of aromatic nitrogens is 4. The Kier molecular flexibility index (Phi) is 5.72. The molecule has 30 heavy (non-hydrogen) atoms. The SMILES string of the molecule is Cc1ccc(-n2ncc(C(=O)NCc3nc(-c4ccncc4)cs3)c2C(C)C)cc1. The van der Waals surface area contributed by atoms with Crippen LogP contribution in [-0.2, 0) is 6.54 Å². The molecular formula is C23H23N5OS. The third-order valence-corrected chi connectivity index (χ3v) is 5.65. The van der Waals surface area contributed by atoms with Crippen LogP contribution >= 0.6 is 11.3 Å². The van der Waals surface area contributed by atoms with Crippen LogP contribution in [-0.4, -0.2) is 25.7 Å². The molecule has 3 heterocycles. The number of aryl methyl sites for hydroxylation is 1. The zero-order valence-electron chi connectivity index (χ0n) is 17.2. The molecule has 0 spiro atoms. The molecule has 0 radical (unpaired) electrons. The Labute approximate surface area is 179 Å². The first kappa shape index (κ1) is 20.0. The van der Waals surface area contributed by atoms with Gasteiger partial charge in [-0.25, -0.2) is 9.67 Å². The number of pyridine rings is 1. The summed E-state index contributed by atoms with van der Waals surface area (Å²) in [4.78, 5) is 21.6. The minimum atomic E-state index is -0.141. The van der Waals surface area contributed by atoms with Gasteiger partial charge in [0.25, 0.3) is 5.91 Å². The zero-order chi connectivity index (χ0) is 21.1. The Morgan fingerprint density at radius 1 is 1.13 bits per heavy atom. The maximum absolute atomic E-state index is 12.9. The van der Waals surface area contributed by atoms with E-state index < -0.39 is 0 Å². The summed E-state index contributed by atoms with van der Waals surface area (Å²) in [7, 11) is 0. The third-order valence-electron chi connectivity index (χ3n) is 4.80. The molecule has 7 heteroatoms. The molecular weight excluding hydrogens is 394 g/mol. The smallest absolute Gasteiger partial charge is 0.255 e. The second kappa shape index (κ2) is 8.59. The van der Waals surface area contributed by atoms with E-state index in [2.05, 4.69) is 34.2 Å². The molecule has 1 amide bonds. The van der Waals surface area contributed by atoms with Gasteiger partial charge in [-0.3, -0.25) is 9.78 Å². The van der Waals surface area contributed by atoms with Crippen molar-refractivity contribution in [1.29, 1.82) is 0 Å². The van der Waals surface area contributed by atoms with Crippen molar-refractivity contribution in [3.8, 4) is 16.9 Å². The van der Waals surface area contributed by atoms with Crippen molar-refractivity contribution in [2.75, 3.05) is 0 Å². The lowest BCUT2D eigenvalue weighted by Gasteiger charge is -2.13. The van der Waals surface area contributed by atoms with E-state index in [1.807, 2.05) is 53.4 Å². The van der Waals surface area contributed by atoms with E-state index in [1.165, 1.54) is 16.9 Å². The van der Waals surface area contributed by atoms with E-state index in [0.717, 1.165) is 27.6 Å². The molecule has 0 saturated carbocycles. The summed E-state index contributed by atoms with van der Waals surface area (Å²) in [5.74, 6) is 0.00503. The second-order valence-electron chi connectivity index (χ2n) is 7.39. The van der Waals surface area contributed by atoms with Gasteiger partial charge in [-0.2, -0.15) is 5.10 Å². The molecule has 3 aromatic heterocycles.